The first-order valence-corrected chi connectivity index (χ1v) is 10.3. The lowest BCUT2D eigenvalue weighted by Gasteiger charge is -2.35. The molecule has 2 aliphatic heterocycles. The van der Waals surface area contributed by atoms with Crippen molar-refractivity contribution in [3.63, 3.8) is 0 Å². The molecular formula is C21H27N5O4. The van der Waals surface area contributed by atoms with Crippen LogP contribution in [-0.2, 0) is 9.59 Å². The van der Waals surface area contributed by atoms with Gasteiger partial charge in [0.2, 0.25) is 5.91 Å². The van der Waals surface area contributed by atoms with Crippen molar-refractivity contribution in [2.75, 3.05) is 38.0 Å². The number of urea groups is 2. The van der Waals surface area contributed by atoms with Crippen molar-refractivity contribution >= 4 is 29.6 Å². The van der Waals surface area contributed by atoms with Gasteiger partial charge in [0, 0.05) is 31.9 Å². The Balaban J connectivity index is 1.29. The molecule has 3 fully saturated rings. The number of piperazine rings is 1. The van der Waals surface area contributed by atoms with Gasteiger partial charge in [-0.1, -0.05) is 12.1 Å². The molecule has 0 radical (unpaired) electrons. The molecule has 2 heterocycles. The smallest absolute Gasteiger partial charge is 0.325 e. The molecule has 1 atom stereocenters. The van der Waals surface area contributed by atoms with E-state index in [9.17, 15) is 19.2 Å². The summed E-state index contributed by atoms with van der Waals surface area (Å²) in [5.41, 5.74) is 0.904. The predicted octanol–water partition coefficient (Wildman–Crippen LogP) is 1.39. The largest absolute Gasteiger partial charge is 0.338 e. The standard InChI is InChI=1S/C21H27N5O4/c1-14-4-3-5-16(12-14)22-19(29)25-10-8-24(9-11-25)17(27)13-26-18(28)21(2,15-6-7-15)23-20(26)30/h3-5,12,15H,6-11,13H2,1-2H3,(H,22,29)(H,23,30). The third kappa shape index (κ3) is 3.83. The molecule has 2 N–H and O–H groups in total. The van der Waals surface area contributed by atoms with Crippen molar-refractivity contribution in [2.45, 2.75) is 32.2 Å². The summed E-state index contributed by atoms with van der Waals surface area (Å²) < 4.78 is 0. The van der Waals surface area contributed by atoms with Gasteiger partial charge >= 0.3 is 12.1 Å². The topological polar surface area (TPSA) is 102 Å². The van der Waals surface area contributed by atoms with E-state index in [-0.39, 0.29) is 30.3 Å². The molecule has 1 saturated carbocycles. The zero-order valence-corrected chi connectivity index (χ0v) is 17.3. The Kier molecular flexibility index (Phi) is 5.13. The number of hydrogen-bond donors (Lipinski definition) is 2. The van der Waals surface area contributed by atoms with E-state index in [1.54, 1.807) is 16.7 Å². The minimum absolute atomic E-state index is 0.157. The number of aryl methyl sites for hydroxylation is 1. The SMILES string of the molecule is Cc1cccc(NC(=O)N2CCN(C(=O)CN3C(=O)NC(C)(C4CC4)C3=O)CC2)c1. The fraction of sp³-hybridized carbons (Fsp3) is 0.524. The highest BCUT2D eigenvalue weighted by molar-refractivity contribution is 6.09. The number of nitrogens with one attached hydrogen (secondary N) is 2. The maximum absolute atomic E-state index is 12.7. The Hall–Kier alpha value is -3.10. The fourth-order valence-electron chi connectivity index (χ4n) is 4.12. The van der Waals surface area contributed by atoms with Crippen molar-refractivity contribution < 1.29 is 19.2 Å². The third-order valence-corrected chi connectivity index (χ3v) is 6.18. The van der Waals surface area contributed by atoms with Crippen molar-refractivity contribution in [3.05, 3.63) is 29.8 Å². The van der Waals surface area contributed by atoms with Gasteiger partial charge < -0.3 is 20.4 Å². The molecule has 9 heteroatoms. The fourth-order valence-corrected chi connectivity index (χ4v) is 4.12. The van der Waals surface area contributed by atoms with Crippen LogP contribution in [0.3, 0.4) is 0 Å². The zero-order valence-electron chi connectivity index (χ0n) is 17.3. The van der Waals surface area contributed by atoms with Crippen LogP contribution in [0.1, 0.15) is 25.3 Å². The predicted molar refractivity (Wildman–Crippen MR) is 110 cm³/mol. The normalized spacial score (nSPS) is 24.1. The van der Waals surface area contributed by atoms with Crippen LogP contribution >= 0.6 is 0 Å². The number of amides is 6. The minimum Gasteiger partial charge on any atom is -0.338 e. The summed E-state index contributed by atoms with van der Waals surface area (Å²) >= 11 is 0. The van der Waals surface area contributed by atoms with Gasteiger partial charge in [0.05, 0.1) is 0 Å². The van der Waals surface area contributed by atoms with E-state index in [0.717, 1.165) is 29.0 Å². The quantitative estimate of drug-likeness (QED) is 0.729. The molecule has 0 bridgehead atoms. The Morgan fingerprint density at radius 1 is 1.13 bits per heavy atom. The van der Waals surface area contributed by atoms with Gasteiger partial charge in [0.15, 0.2) is 0 Å². The number of rotatable bonds is 4. The molecule has 30 heavy (non-hydrogen) atoms. The average molecular weight is 413 g/mol. The van der Waals surface area contributed by atoms with Crippen LogP contribution in [0.15, 0.2) is 24.3 Å². The number of carbonyl (C=O) groups excluding carboxylic acids is 4. The van der Waals surface area contributed by atoms with E-state index in [1.807, 2.05) is 31.2 Å². The molecular weight excluding hydrogens is 386 g/mol. The molecule has 1 aliphatic carbocycles. The first-order chi connectivity index (χ1) is 14.3. The lowest BCUT2D eigenvalue weighted by molar-refractivity contribution is -0.139. The van der Waals surface area contributed by atoms with Crippen LogP contribution in [0.5, 0.6) is 0 Å². The Morgan fingerprint density at radius 2 is 1.80 bits per heavy atom. The lowest BCUT2D eigenvalue weighted by Crippen LogP contribution is -2.54. The number of nitrogens with zero attached hydrogens (tertiary/aromatic N) is 3. The van der Waals surface area contributed by atoms with Crippen LogP contribution in [0.2, 0.25) is 0 Å². The number of benzene rings is 1. The summed E-state index contributed by atoms with van der Waals surface area (Å²) in [4.78, 5) is 54.4. The Morgan fingerprint density at radius 3 is 2.43 bits per heavy atom. The van der Waals surface area contributed by atoms with E-state index >= 15 is 0 Å². The molecule has 0 aromatic heterocycles. The highest BCUT2D eigenvalue weighted by Gasteiger charge is 2.56. The van der Waals surface area contributed by atoms with E-state index in [4.69, 9.17) is 0 Å². The molecule has 9 nitrogen and oxygen atoms in total. The first-order valence-electron chi connectivity index (χ1n) is 10.3. The van der Waals surface area contributed by atoms with Crippen LogP contribution < -0.4 is 10.6 Å². The summed E-state index contributed by atoms with van der Waals surface area (Å²) in [6, 6.07) is 6.86. The average Bonchev–Trinajstić information content (AvgIpc) is 3.54. The number of imide groups is 1. The summed E-state index contributed by atoms with van der Waals surface area (Å²) in [5.74, 6) is -0.443. The van der Waals surface area contributed by atoms with E-state index < -0.39 is 11.6 Å². The van der Waals surface area contributed by atoms with E-state index in [2.05, 4.69) is 10.6 Å². The molecule has 1 unspecified atom stereocenters. The summed E-state index contributed by atoms with van der Waals surface area (Å²) in [6.45, 7) is 4.95. The highest BCUT2D eigenvalue weighted by Crippen LogP contribution is 2.42. The number of hydrogen-bond acceptors (Lipinski definition) is 4. The van der Waals surface area contributed by atoms with Crippen molar-refractivity contribution in [1.29, 1.82) is 0 Å². The molecule has 4 rings (SSSR count). The van der Waals surface area contributed by atoms with Crippen molar-refractivity contribution in [3.8, 4) is 0 Å². The van der Waals surface area contributed by atoms with E-state index in [1.165, 1.54) is 0 Å². The monoisotopic (exact) mass is 413 g/mol. The zero-order chi connectivity index (χ0) is 21.5. The second-order valence-corrected chi connectivity index (χ2v) is 8.47. The van der Waals surface area contributed by atoms with Gasteiger partial charge in [-0.3, -0.25) is 14.5 Å². The molecule has 1 aromatic rings. The highest BCUT2D eigenvalue weighted by atomic mass is 16.2. The van der Waals surface area contributed by atoms with Gasteiger partial charge in [-0.2, -0.15) is 0 Å². The van der Waals surface area contributed by atoms with Crippen LogP contribution in [0.4, 0.5) is 15.3 Å². The second kappa shape index (κ2) is 7.62. The van der Waals surface area contributed by atoms with Crippen molar-refractivity contribution in [1.82, 2.24) is 20.0 Å². The summed E-state index contributed by atoms with van der Waals surface area (Å²) in [6.07, 6.45) is 1.83. The summed E-state index contributed by atoms with van der Waals surface area (Å²) in [5, 5.41) is 5.63. The van der Waals surface area contributed by atoms with Gasteiger partial charge in [0.1, 0.15) is 12.1 Å². The number of carbonyl (C=O) groups is 4. The lowest BCUT2D eigenvalue weighted by atomic mass is 9.96. The second-order valence-electron chi connectivity index (χ2n) is 8.47. The molecule has 1 aromatic carbocycles. The van der Waals surface area contributed by atoms with Gasteiger partial charge in [-0.15, -0.1) is 0 Å². The van der Waals surface area contributed by atoms with Gasteiger partial charge in [-0.25, -0.2) is 9.59 Å². The van der Waals surface area contributed by atoms with Gasteiger partial charge in [-0.05, 0) is 50.3 Å². The van der Waals surface area contributed by atoms with Gasteiger partial charge in [0.25, 0.3) is 5.91 Å². The van der Waals surface area contributed by atoms with Crippen LogP contribution in [0, 0.1) is 12.8 Å². The minimum atomic E-state index is -0.885. The first kappa shape index (κ1) is 20.2. The van der Waals surface area contributed by atoms with Crippen LogP contribution in [-0.4, -0.2) is 76.8 Å². The maximum atomic E-state index is 12.7. The molecule has 160 valence electrons. The molecule has 0 spiro atoms. The van der Waals surface area contributed by atoms with Crippen LogP contribution in [0.25, 0.3) is 0 Å². The van der Waals surface area contributed by atoms with Crippen molar-refractivity contribution in [2.24, 2.45) is 5.92 Å². The Bertz CT molecular complexity index is 891. The molecule has 2 saturated heterocycles. The number of anilines is 1. The Labute approximate surface area is 175 Å². The molecule has 3 aliphatic rings. The maximum Gasteiger partial charge on any atom is 0.325 e. The third-order valence-electron chi connectivity index (χ3n) is 6.18. The van der Waals surface area contributed by atoms with E-state index in [0.29, 0.717) is 26.2 Å². The molecule has 6 amide bonds. The summed E-state index contributed by atoms with van der Waals surface area (Å²) in [7, 11) is 0.